The molecule has 31 heavy (non-hydrogen) atoms. The van der Waals surface area contributed by atoms with Crippen LogP contribution in [0, 0.1) is 28.6 Å². The topological polar surface area (TPSA) is 103 Å². The van der Waals surface area contributed by atoms with Gasteiger partial charge in [-0.05, 0) is 54.4 Å². The number of carbonyl (C=O) groups is 1. The second-order valence-corrected chi connectivity index (χ2v) is 9.30. The molecule has 0 saturated heterocycles. The van der Waals surface area contributed by atoms with Crippen molar-refractivity contribution in [2.24, 2.45) is 28.0 Å². The van der Waals surface area contributed by atoms with Crippen molar-refractivity contribution in [3.8, 4) is 6.07 Å². The standard InChI is InChI=1S/C22H25F3N4O2/c1-12-8-20(9-13(2)17(12)30)10-15-4-3-14(11-26)7-16(15)22(20)18(31)29(19(27)28-22)6-5-21(23,24)25/h3-4,7,12-13,17,30H,5-6,8-10H2,1-2H3,(H2,27,28)/t12-,13+,17+,20+,22-/m1/s1. The van der Waals surface area contributed by atoms with E-state index in [4.69, 9.17) is 5.73 Å². The van der Waals surface area contributed by atoms with E-state index in [0.717, 1.165) is 10.5 Å². The summed E-state index contributed by atoms with van der Waals surface area (Å²) in [6.45, 7) is 3.22. The molecule has 6 nitrogen and oxygen atoms in total. The second kappa shape index (κ2) is 6.95. The molecule has 4 rings (SSSR count). The number of nitrogens with two attached hydrogens (primary N) is 1. The van der Waals surface area contributed by atoms with E-state index in [9.17, 15) is 28.3 Å². The molecule has 2 aliphatic carbocycles. The highest BCUT2D eigenvalue weighted by Crippen LogP contribution is 2.63. The Balaban J connectivity index is 1.86. The summed E-state index contributed by atoms with van der Waals surface area (Å²) in [4.78, 5) is 19.3. The number of amides is 1. The number of hydrogen-bond acceptors (Lipinski definition) is 5. The van der Waals surface area contributed by atoms with E-state index in [0.29, 0.717) is 30.4 Å². The van der Waals surface area contributed by atoms with Gasteiger partial charge < -0.3 is 10.8 Å². The zero-order chi connectivity index (χ0) is 22.8. The van der Waals surface area contributed by atoms with Crippen LogP contribution in [0.4, 0.5) is 13.2 Å². The van der Waals surface area contributed by atoms with E-state index < -0.39 is 42.1 Å². The Morgan fingerprint density at radius 2 is 1.97 bits per heavy atom. The van der Waals surface area contributed by atoms with Gasteiger partial charge in [-0.2, -0.15) is 18.4 Å². The molecule has 0 bridgehead atoms. The van der Waals surface area contributed by atoms with Gasteiger partial charge in [0.05, 0.1) is 24.2 Å². The molecule has 0 aromatic heterocycles. The normalized spacial score (nSPS) is 34.9. The van der Waals surface area contributed by atoms with Crippen molar-refractivity contribution in [3.63, 3.8) is 0 Å². The maximum Gasteiger partial charge on any atom is 0.390 e. The van der Waals surface area contributed by atoms with Gasteiger partial charge in [0.25, 0.3) is 5.91 Å². The Morgan fingerprint density at radius 1 is 1.32 bits per heavy atom. The highest BCUT2D eigenvalue weighted by Gasteiger charge is 2.68. The molecule has 3 N–H and O–H groups in total. The number of alkyl halides is 3. The summed E-state index contributed by atoms with van der Waals surface area (Å²) < 4.78 is 38.6. The van der Waals surface area contributed by atoms with Gasteiger partial charge >= 0.3 is 6.18 Å². The maximum absolute atomic E-state index is 13.8. The number of guanidine groups is 1. The quantitative estimate of drug-likeness (QED) is 0.747. The van der Waals surface area contributed by atoms with Crippen molar-refractivity contribution in [3.05, 3.63) is 34.9 Å². The zero-order valence-corrected chi connectivity index (χ0v) is 17.4. The van der Waals surface area contributed by atoms with E-state index in [2.05, 4.69) is 11.1 Å². The minimum Gasteiger partial charge on any atom is -0.393 e. The lowest BCUT2D eigenvalue weighted by atomic mass is 9.56. The monoisotopic (exact) mass is 434 g/mol. The van der Waals surface area contributed by atoms with Crippen LogP contribution < -0.4 is 5.73 Å². The molecular weight excluding hydrogens is 409 g/mol. The van der Waals surface area contributed by atoms with Gasteiger partial charge in [-0.3, -0.25) is 9.69 Å². The number of halogens is 3. The van der Waals surface area contributed by atoms with Crippen LogP contribution in [0.5, 0.6) is 0 Å². The number of hydrogen-bond donors (Lipinski definition) is 2. The molecule has 1 amide bonds. The minimum absolute atomic E-state index is 0.126. The van der Waals surface area contributed by atoms with Crippen LogP contribution in [-0.2, 0) is 16.8 Å². The SMILES string of the molecule is C[C@@H]1C[C@@]2(Cc3ccc(C#N)cc3[C@]23N=C(N)N(CCC(F)(F)F)C3=O)C[C@H](C)[C@H]1O. The number of fused-ring (bicyclic) bond motifs is 3. The predicted octanol–water partition coefficient (Wildman–Crippen LogP) is 2.83. The molecule has 9 heteroatoms. The maximum atomic E-state index is 13.8. The molecule has 166 valence electrons. The predicted molar refractivity (Wildman–Crippen MR) is 107 cm³/mol. The van der Waals surface area contributed by atoms with Crippen molar-refractivity contribution in [2.75, 3.05) is 6.54 Å². The van der Waals surface area contributed by atoms with Crippen molar-refractivity contribution in [2.45, 2.75) is 57.3 Å². The van der Waals surface area contributed by atoms with Crippen molar-refractivity contribution < 1.29 is 23.1 Å². The Hall–Kier alpha value is -2.60. The van der Waals surface area contributed by atoms with Gasteiger partial charge in [-0.15, -0.1) is 0 Å². The smallest absolute Gasteiger partial charge is 0.390 e. The summed E-state index contributed by atoms with van der Waals surface area (Å²) >= 11 is 0. The van der Waals surface area contributed by atoms with E-state index in [1.165, 1.54) is 0 Å². The third-order valence-corrected chi connectivity index (χ3v) is 7.25. The highest BCUT2D eigenvalue weighted by molar-refractivity contribution is 6.08. The highest BCUT2D eigenvalue weighted by atomic mass is 19.4. The third-order valence-electron chi connectivity index (χ3n) is 7.25. The van der Waals surface area contributed by atoms with E-state index in [1.54, 1.807) is 18.2 Å². The van der Waals surface area contributed by atoms with Crippen molar-refractivity contribution >= 4 is 11.9 Å². The molecule has 1 aliphatic heterocycles. The van der Waals surface area contributed by atoms with Gasteiger partial charge in [0.1, 0.15) is 0 Å². The molecule has 3 aliphatic rings. The minimum atomic E-state index is -4.44. The fourth-order valence-corrected chi connectivity index (χ4v) is 6.03. The lowest BCUT2D eigenvalue weighted by Crippen LogP contribution is -2.55. The van der Waals surface area contributed by atoms with Crippen LogP contribution in [0.25, 0.3) is 0 Å². The van der Waals surface area contributed by atoms with E-state index >= 15 is 0 Å². The first-order chi connectivity index (χ1) is 14.4. The zero-order valence-electron chi connectivity index (χ0n) is 17.4. The molecule has 1 heterocycles. The summed E-state index contributed by atoms with van der Waals surface area (Å²) in [5.41, 5.74) is 5.58. The van der Waals surface area contributed by atoms with Gasteiger partial charge in [0.15, 0.2) is 11.5 Å². The number of nitriles is 1. The van der Waals surface area contributed by atoms with Crippen molar-refractivity contribution in [1.29, 1.82) is 5.26 Å². The Morgan fingerprint density at radius 3 is 2.55 bits per heavy atom. The molecular formula is C22H25F3N4O2. The summed E-state index contributed by atoms with van der Waals surface area (Å²) in [7, 11) is 0. The Kier molecular flexibility index (Phi) is 4.85. The third kappa shape index (κ3) is 3.11. The van der Waals surface area contributed by atoms with Gasteiger partial charge in [-0.25, -0.2) is 4.99 Å². The van der Waals surface area contributed by atoms with Gasteiger partial charge in [0.2, 0.25) is 0 Å². The van der Waals surface area contributed by atoms with Crippen LogP contribution in [0.3, 0.4) is 0 Å². The summed E-state index contributed by atoms with van der Waals surface area (Å²) in [5.74, 6) is -1.05. The summed E-state index contributed by atoms with van der Waals surface area (Å²) in [5, 5.41) is 19.9. The first kappa shape index (κ1) is 21.6. The fraction of sp³-hybridized carbons (Fsp3) is 0.591. The molecule has 1 aromatic rings. The first-order valence-electron chi connectivity index (χ1n) is 10.4. The number of rotatable bonds is 2. The van der Waals surface area contributed by atoms with Crippen LogP contribution in [0.15, 0.2) is 23.2 Å². The summed E-state index contributed by atoms with van der Waals surface area (Å²) in [6.07, 6.45) is -4.72. The number of aliphatic hydroxyl groups is 1. The number of aliphatic hydroxyl groups excluding tert-OH is 1. The number of benzene rings is 1. The number of carbonyl (C=O) groups excluding carboxylic acids is 1. The van der Waals surface area contributed by atoms with Crippen molar-refractivity contribution in [1.82, 2.24) is 4.90 Å². The average molecular weight is 434 g/mol. The van der Waals surface area contributed by atoms with E-state index in [1.807, 2.05) is 13.8 Å². The molecule has 0 radical (unpaired) electrons. The van der Waals surface area contributed by atoms with Crippen LogP contribution in [-0.4, -0.2) is 40.7 Å². The van der Waals surface area contributed by atoms with Crippen LogP contribution >= 0.6 is 0 Å². The largest absolute Gasteiger partial charge is 0.393 e. The first-order valence-corrected chi connectivity index (χ1v) is 10.4. The number of aliphatic imine (C=N–C) groups is 1. The second-order valence-electron chi connectivity index (χ2n) is 9.30. The lowest BCUT2D eigenvalue weighted by molar-refractivity contribution is -0.148. The summed E-state index contributed by atoms with van der Waals surface area (Å²) in [6, 6.07) is 7.15. The fourth-order valence-electron chi connectivity index (χ4n) is 6.03. The number of nitrogens with zero attached hydrogens (tertiary/aromatic N) is 3. The Bertz CT molecular complexity index is 987. The molecule has 1 fully saturated rings. The van der Waals surface area contributed by atoms with Crippen LogP contribution in [0.1, 0.15) is 49.8 Å². The molecule has 1 saturated carbocycles. The van der Waals surface area contributed by atoms with Crippen LogP contribution in [0.2, 0.25) is 0 Å². The van der Waals surface area contributed by atoms with Gasteiger partial charge in [0, 0.05) is 12.0 Å². The molecule has 2 spiro atoms. The lowest BCUT2D eigenvalue weighted by Gasteiger charge is -2.49. The molecule has 1 aromatic carbocycles. The molecule has 0 unspecified atom stereocenters. The van der Waals surface area contributed by atoms with Gasteiger partial charge in [-0.1, -0.05) is 19.9 Å². The van der Waals surface area contributed by atoms with E-state index in [-0.39, 0.29) is 17.8 Å². The average Bonchev–Trinajstić information content (AvgIpc) is 3.09. The molecule has 5 atom stereocenters. The Labute approximate surface area is 178 Å².